The zero-order valence-electron chi connectivity index (χ0n) is 4.52. The molecule has 0 atom stereocenters. The number of halogens is 2. The van der Waals surface area contributed by atoms with Crippen LogP contribution in [-0.4, -0.2) is 6.54 Å². The van der Waals surface area contributed by atoms with Gasteiger partial charge < -0.3 is 5.32 Å². The number of rotatable bonds is 0. The molecule has 0 radical (unpaired) electrons. The van der Waals surface area contributed by atoms with Crippen LogP contribution in [0.1, 0.15) is 12.8 Å². The first-order chi connectivity index (χ1) is 2.50. The molecular formula is C4H10Cl2HfN-. The molecule has 0 unspecified atom stereocenters. The summed E-state index contributed by atoms with van der Waals surface area (Å²) >= 11 is 0. The topological polar surface area (TPSA) is 12.0 Å². The Balaban J connectivity index is -0.0000000833. The van der Waals surface area contributed by atoms with Crippen LogP contribution in [0.3, 0.4) is 0 Å². The third-order valence-corrected chi connectivity index (χ3v) is 0.814. The van der Waals surface area contributed by atoms with Crippen LogP contribution < -0.4 is 5.32 Å². The maximum atomic E-state index is 3.10. The van der Waals surface area contributed by atoms with Gasteiger partial charge in [0.05, 0.1) is 0 Å². The molecule has 8 heavy (non-hydrogen) atoms. The van der Waals surface area contributed by atoms with Gasteiger partial charge in [0.2, 0.25) is 0 Å². The predicted octanol–water partition coefficient (Wildman–Crippen LogP) is 1.37. The van der Waals surface area contributed by atoms with Crippen molar-refractivity contribution in [3.8, 4) is 0 Å². The van der Waals surface area contributed by atoms with Crippen LogP contribution in [0.5, 0.6) is 0 Å². The molecule has 1 rings (SSSR count). The van der Waals surface area contributed by atoms with Crippen molar-refractivity contribution in [2.75, 3.05) is 6.54 Å². The van der Waals surface area contributed by atoms with E-state index in [1.54, 1.807) is 0 Å². The normalized spacial score (nSPS) is 15.0. The molecule has 0 aliphatic carbocycles. The quantitative estimate of drug-likeness (QED) is 0.525. The Labute approximate surface area is 81.6 Å². The van der Waals surface area contributed by atoms with Gasteiger partial charge in [-0.1, -0.05) is 6.42 Å². The largest absolute Gasteiger partial charge is 0.470 e. The van der Waals surface area contributed by atoms with Gasteiger partial charge in [-0.3, -0.25) is 6.54 Å². The average Bonchev–Trinajstić information content (AvgIpc) is 1.76. The van der Waals surface area contributed by atoms with Gasteiger partial charge in [-0.2, -0.15) is 6.42 Å². The molecule has 1 heterocycles. The summed E-state index contributed by atoms with van der Waals surface area (Å²) in [6, 6.07) is 0. The van der Waals surface area contributed by atoms with E-state index in [-0.39, 0.29) is 50.7 Å². The molecule has 0 aromatic heterocycles. The molecule has 1 fully saturated rings. The van der Waals surface area contributed by atoms with Crippen LogP contribution in [-0.2, 0) is 25.8 Å². The first-order valence-electron chi connectivity index (χ1n) is 2.05. The summed E-state index contributed by atoms with van der Waals surface area (Å²) in [7, 11) is 0. The summed E-state index contributed by atoms with van der Waals surface area (Å²) in [5.41, 5.74) is 0. The Hall–Kier alpha value is 1.41. The molecule has 0 bridgehead atoms. The third kappa shape index (κ3) is 7.41. The Morgan fingerprint density at radius 2 is 1.88 bits per heavy atom. The summed E-state index contributed by atoms with van der Waals surface area (Å²) in [5.74, 6) is 0. The van der Waals surface area contributed by atoms with Gasteiger partial charge in [-0.05, 0) is 6.54 Å². The van der Waals surface area contributed by atoms with Gasteiger partial charge in [0.25, 0.3) is 0 Å². The van der Waals surface area contributed by atoms with Crippen LogP contribution >= 0.6 is 24.8 Å². The van der Waals surface area contributed by atoms with Gasteiger partial charge in [0, 0.05) is 25.8 Å². The van der Waals surface area contributed by atoms with E-state index in [1.807, 2.05) is 0 Å². The Morgan fingerprint density at radius 3 is 2.00 bits per heavy atom. The van der Waals surface area contributed by atoms with E-state index in [1.165, 1.54) is 19.4 Å². The first kappa shape index (κ1) is 16.2. The molecule has 0 amide bonds. The maximum Gasteiger partial charge on any atom is 0 e. The van der Waals surface area contributed by atoms with Crippen molar-refractivity contribution in [3.05, 3.63) is 6.54 Å². The number of hydrogen-bond acceptors (Lipinski definition) is 1. The number of hydrogen-bond donors (Lipinski definition) is 1. The minimum Gasteiger partial charge on any atom is -0.470 e. The Morgan fingerprint density at radius 1 is 1.25 bits per heavy atom. The van der Waals surface area contributed by atoms with Crippen molar-refractivity contribution in [2.45, 2.75) is 12.8 Å². The van der Waals surface area contributed by atoms with Crippen molar-refractivity contribution in [1.29, 1.82) is 0 Å². The molecule has 0 aromatic rings. The minimum atomic E-state index is 0. The molecule has 1 aliphatic heterocycles. The van der Waals surface area contributed by atoms with E-state index < -0.39 is 0 Å². The van der Waals surface area contributed by atoms with Crippen molar-refractivity contribution in [3.63, 3.8) is 0 Å². The second kappa shape index (κ2) is 11.2. The van der Waals surface area contributed by atoms with Crippen molar-refractivity contribution in [2.24, 2.45) is 0 Å². The van der Waals surface area contributed by atoms with Gasteiger partial charge in [-0.15, -0.1) is 24.8 Å². The Bertz CT molecular complexity index is 25.6. The minimum absolute atomic E-state index is 0. The summed E-state index contributed by atoms with van der Waals surface area (Å²) in [6.45, 7) is 3.31. The monoisotopic (exact) mass is 322 g/mol. The third-order valence-electron chi connectivity index (χ3n) is 0.814. The summed E-state index contributed by atoms with van der Waals surface area (Å²) in [6.07, 6.45) is 2.60. The molecule has 4 heteroatoms. The van der Waals surface area contributed by atoms with Crippen LogP contribution in [0.15, 0.2) is 0 Å². The first-order valence-corrected chi connectivity index (χ1v) is 2.05. The molecule has 1 saturated heterocycles. The van der Waals surface area contributed by atoms with E-state index in [0.717, 1.165) is 0 Å². The SMILES string of the molecule is Cl.Cl.[CH-]1CCCN1.[Hf]. The van der Waals surface area contributed by atoms with E-state index in [4.69, 9.17) is 0 Å². The molecule has 50 valence electrons. The molecule has 1 nitrogen and oxygen atoms in total. The van der Waals surface area contributed by atoms with Gasteiger partial charge in [0.1, 0.15) is 0 Å². The van der Waals surface area contributed by atoms with Gasteiger partial charge in [0.15, 0.2) is 0 Å². The zero-order valence-corrected chi connectivity index (χ0v) is 9.74. The Kier molecular flexibility index (Phi) is 22.8. The molecule has 0 aromatic carbocycles. The van der Waals surface area contributed by atoms with Crippen molar-refractivity contribution < 1.29 is 25.8 Å². The van der Waals surface area contributed by atoms with Crippen molar-refractivity contribution in [1.82, 2.24) is 5.32 Å². The summed E-state index contributed by atoms with van der Waals surface area (Å²) in [5, 5.41) is 3.10. The van der Waals surface area contributed by atoms with E-state index in [2.05, 4.69) is 11.9 Å². The van der Waals surface area contributed by atoms with Crippen LogP contribution in [0.4, 0.5) is 0 Å². The molecule has 0 saturated carbocycles. The molecule has 0 spiro atoms. The average molecular weight is 322 g/mol. The van der Waals surface area contributed by atoms with E-state index in [9.17, 15) is 0 Å². The van der Waals surface area contributed by atoms with Crippen molar-refractivity contribution >= 4 is 24.8 Å². The fraction of sp³-hybridized carbons (Fsp3) is 0.750. The smallest absolute Gasteiger partial charge is 0 e. The van der Waals surface area contributed by atoms with Crippen LogP contribution in [0.2, 0.25) is 0 Å². The van der Waals surface area contributed by atoms with Crippen LogP contribution in [0, 0.1) is 6.54 Å². The predicted molar refractivity (Wildman–Crippen MR) is 36.0 cm³/mol. The second-order valence-corrected chi connectivity index (χ2v) is 1.30. The standard InChI is InChI=1S/C4H8N.2ClH.Hf/c1-2-4-5-3-1;;;/h3,5H,1-2,4H2;2*1H;/q-1;;;. The number of nitrogens with one attached hydrogen (secondary N) is 1. The maximum absolute atomic E-state index is 3.10. The summed E-state index contributed by atoms with van der Waals surface area (Å²) < 4.78 is 0. The van der Waals surface area contributed by atoms with Crippen LogP contribution in [0.25, 0.3) is 0 Å². The molecule has 1 aliphatic rings. The fourth-order valence-corrected chi connectivity index (χ4v) is 0.510. The molecule has 1 N–H and O–H groups in total. The molecular weight excluding hydrogens is 311 g/mol. The van der Waals surface area contributed by atoms with Gasteiger partial charge >= 0.3 is 0 Å². The zero-order chi connectivity index (χ0) is 3.54. The van der Waals surface area contributed by atoms with E-state index in [0.29, 0.717) is 0 Å². The van der Waals surface area contributed by atoms with E-state index >= 15 is 0 Å². The second-order valence-electron chi connectivity index (χ2n) is 1.30. The van der Waals surface area contributed by atoms with Gasteiger partial charge in [-0.25, -0.2) is 0 Å². The summed E-state index contributed by atoms with van der Waals surface area (Å²) in [4.78, 5) is 0. The fourth-order valence-electron chi connectivity index (χ4n) is 0.510.